The third-order valence-corrected chi connectivity index (χ3v) is 5.21. The second-order valence-corrected chi connectivity index (χ2v) is 7.37. The minimum atomic E-state index is -0.431. The van der Waals surface area contributed by atoms with Gasteiger partial charge in [0.15, 0.2) is 5.13 Å². The van der Waals surface area contributed by atoms with Crippen molar-refractivity contribution in [2.45, 2.75) is 13.5 Å². The zero-order valence-electron chi connectivity index (χ0n) is 14.0. The van der Waals surface area contributed by atoms with E-state index in [1.807, 2.05) is 17.5 Å². The molecular weight excluding hydrogens is 374 g/mol. The first-order chi connectivity index (χ1) is 12.4. The maximum Gasteiger partial charge on any atom is 0.277 e. The Morgan fingerprint density at radius 1 is 1.23 bits per heavy atom. The molecule has 2 N–H and O–H groups in total. The Balaban J connectivity index is 1.69. The van der Waals surface area contributed by atoms with Crippen molar-refractivity contribution < 1.29 is 9.59 Å². The Morgan fingerprint density at radius 3 is 2.77 bits per heavy atom. The summed E-state index contributed by atoms with van der Waals surface area (Å²) in [5.74, 6) is -0.510. The van der Waals surface area contributed by atoms with Gasteiger partial charge in [-0.25, -0.2) is 9.67 Å². The van der Waals surface area contributed by atoms with Crippen LogP contribution in [0.3, 0.4) is 0 Å². The molecule has 134 valence electrons. The lowest BCUT2D eigenvalue weighted by Gasteiger charge is -2.02. The Labute approximate surface area is 156 Å². The van der Waals surface area contributed by atoms with Crippen LogP contribution in [0.25, 0.3) is 10.6 Å². The van der Waals surface area contributed by atoms with Crippen LogP contribution in [-0.2, 0) is 18.4 Å². The van der Waals surface area contributed by atoms with E-state index in [0.29, 0.717) is 11.7 Å². The van der Waals surface area contributed by atoms with Gasteiger partial charge in [-0.05, 0) is 18.2 Å². The summed E-state index contributed by atoms with van der Waals surface area (Å²) < 4.78 is 1.10. The van der Waals surface area contributed by atoms with Crippen LogP contribution in [0.5, 0.6) is 0 Å². The van der Waals surface area contributed by atoms with Gasteiger partial charge in [-0.15, -0.1) is 22.7 Å². The molecule has 3 aromatic rings. The van der Waals surface area contributed by atoms with Gasteiger partial charge in [0.25, 0.3) is 11.5 Å². The number of thiophene rings is 1. The molecule has 0 aliphatic heterocycles. The van der Waals surface area contributed by atoms with Crippen molar-refractivity contribution in [2.75, 3.05) is 5.32 Å². The van der Waals surface area contributed by atoms with Crippen molar-refractivity contribution in [1.29, 1.82) is 0 Å². The first-order valence-corrected chi connectivity index (χ1v) is 9.27. The van der Waals surface area contributed by atoms with Gasteiger partial charge in [0.05, 0.1) is 17.1 Å². The fourth-order valence-corrected chi connectivity index (χ4v) is 3.74. The quantitative estimate of drug-likeness (QED) is 0.693. The minimum Gasteiger partial charge on any atom is -0.351 e. The molecule has 0 saturated carbocycles. The molecule has 2 amide bonds. The predicted octanol–water partition coefficient (Wildman–Crippen LogP) is 1.85. The monoisotopic (exact) mass is 389 g/mol. The lowest BCUT2D eigenvalue weighted by Crippen LogP contribution is -2.23. The molecule has 3 aromatic heterocycles. The summed E-state index contributed by atoms with van der Waals surface area (Å²) in [6.45, 7) is 1.95. The molecule has 3 heterocycles. The molecule has 0 aromatic carbocycles. The highest BCUT2D eigenvalue weighted by atomic mass is 32.1. The van der Waals surface area contributed by atoms with Crippen molar-refractivity contribution in [2.24, 2.45) is 7.05 Å². The third kappa shape index (κ3) is 4.21. The molecule has 0 fully saturated rings. The van der Waals surface area contributed by atoms with Crippen molar-refractivity contribution in [1.82, 2.24) is 20.1 Å². The first kappa shape index (κ1) is 18.0. The molecule has 0 aliphatic rings. The normalized spacial score (nSPS) is 10.5. The van der Waals surface area contributed by atoms with E-state index in [-0.39, 0.29) is 17.2 Å². The minimum absolute atomic E-state index is 0.0781. The van der Waals surface area contributed by atoms with Crippen LogP contribution in [-0.4, -0.2) is 26.6 Å². The van der Waals surface area contributed by atoms with Crippen LogP contribution < -0.4 is 16.2 Å². The molecule has 10 heteroatoms. The molecule has 0 radical (unpaired) electrons. The Morgan fingerprint density at radius 2 is 2.04 bits per heavy atom. The van der Waals surface area contributed by atoms with E-state index in [1.54, 1.807) is 0 Å². The molecule has 3 rings (SSSR count). The van der Waals surface area contributed by atoms with E-state index in [9.17, 15) is 14.4 Å². The first-order valence-electron chi connectivity index (χ1n) is 7.57. The summed E-state index contributed by atoms with van der Waals surface area (Å²) in [5, 5.41) is 11.6. The van der Waals surface area contributed by atoms with E-state index in [1.165, 1.54) is 48.8 Å². The highest BCUT2D eigenvalue weighted by molar-refractivity contribution is 7.17. The number of hydrogen-bond donors (Lipinski definition) is 2. The van der Waals surface area contributed by atoms with Crippen LogP contribution in [0.2, 0.25) is 0 Å². The van der Waals surface area contributed by atoms with Crippen LogP contribution in [0.4, 0.5) is 5.13 Å². The molecule has 0 unspecified atom stereocenters. The summed E-state index contributed by atoms with van der Waals surface area (Å²) in [4.78, 5) is 40.9. The van der Waals surface area contributed by atoms with E-state index in [0.717, 1.165) is 20.1 Å². The van der Waals surface area contributed by atoms with Crippen LogP contribution in [0.15, 0.2) is 34.4 Å². The maximum absolute atomic E-state index is 12.2. The maximum atomic E-state index is 12.2. The molecule has 0 saturated heterocycles. The Hall–Kier alpha value is -2.85. The highest BCUT2D eigenvalue weighted by Gasteiger charge is 2.13. The van der Waals surface area contributed by atoms with Crippen LogP contribution >= 0.6 is 22.7 Å². The molecular formula is C16H15N5O3S2. The second-order valence-electron chi connectivity index (χ2n) is 5.35. The van der Waals surface area contributed by atoms with Gasteiger partial charge in [0.2, 0.25) is 5.91 Å². The van der Waals surface area contributed by atoms with Gasteiger partial charge in [-0.1, -0.05) is 0 Å². The number of amides is 2. The number of nitrogens with one attached hydrogen (secondary N) is 2. The van der Waals surface area contributed by atoms with E-state index in [4.69, 9.17) is 0 Å². The number of aryl methyl sites for hydroxylation is 1. The van der Waals surface area contributed by atoms with E-state index < -0.39 is 5.91 Å². The molecule has 8 nitrogen and oxygen atoms in total. The number of carbonyl (C=O) groups is 2. The number of nitrogens with zero attached hydrogens (tertiary/aromatic N) is 3. The standard InChI is InChI=1S/C16H15N5O3S2/c1-9(22)17-7-10-3-5-13(26-10)12-8-25-16(18-12)19-15(24)11-4-6-14(23)21(2)20-11/h3-6,8H,7H2,1-2H3,(H,17,22)(H,18,19,24). The molecule has 0 aliphatic carbocycles. The predicted molar refractivity (Wildman–Crippen MR) is 100 cm³/mol. The van der Waals surface area contributed by atoms with E-state index in [2.05, 4.69) is 20.7 Å². The van der Waals surface area contributed by atoms with Crippen molar-refractivity contribution in [3.05, 3.63) is 50.6 Å². The number of carbonyl (C=O) groups excluding carboxylic acids is 2. The number of anilines is 1. The van der Waals surface area contributed by atoms with Crippen LogP contribution in [0, 0.1) is 0 Å². The Bertz CT molecular complexity index is 1020. The third-order valence-electron chi connectivity index (χ3n) is 3.34. The summed E-state index contributed by atoms with van der Waals surface area (Å²) in [6, 6.07) is 6.52. The average molecular weight is 389 g/mol. The lowest BCUT2D eigenvalue weighted by molar-refractivity contribution is -0.119. The number of aromatic nitrogens is 3. The number of thiazole rings is 1. The molecule has 0 spiro atoms. The fourth-order valence-electron chi connectivity index (χ4n) is 2.05. The fraction of sp³-hybridized carbons (Fsp3) is 0.188. The van der Waals surface area contributed by atoms with Gasteiger partial charge in [-0.3, -0.25) is 19.7 Å². The molecule has 0 atom stereocenters. The molecule has 0 bridgehead atoms. The summed E-state index contributed by atoms with van der Waals surface area (Å²) in [6.07, 6.45) is 0. The van der Waals surface area contributed by atoms with Crippen molar-refractivity contribution in [3.63, 3.8) is 0 Å². The number of rotatable bonds is 5. The van der Waals surface area contributed by atoms with Gasteiger partial charge < -0.3 is 5.32 Å². The van der Waals surface area contributed by atoms with Gasteiger partial charge in [-0.2, -0.15) is 5.10 Å². The molecule has 26 heavy (non-hydrogen) atoms. The number of hydrogen-bond acceptors (Lipinski definition) is 7. The van der Waals surface area contributed by atoms with Gasteiger partial charge in [0, 0.05) is 30.3 Å². The van der Waals surface area contributed by atoms with E-state index >= 15 is 0 Å². The average Bonchev–Trinajstić information content (AvgIpc) is 3.24. The van der Waals surface area contributed by atoms with Crippen LogP contribution in [0.1, 0.15) is 22.3 Å². The SMILES string of the molecule is CC(=O)NCc1ccc(-c2csc(NC(=O)c3ccc(=O)n(C)n3)n2)s1. The second kappa shape index (κ2) is 7.58. The Kier molecular flexibility index (Phi) is 5.24. The zero-order chi connectivity index (χ0) is 18.7. The largest absolute Gasteiger partial charge is 0.351 e. The van der Waals surface area contributed by atoms with Crippen molar-refractivity contribution >= 4 is 39.6 Å². The summed E-state index contributed by atoms with van der Waals surface area (Å²) in [7, 11) is 1.48. The van der Waals surface area contributed by atoms with Gasteiger partial charge >= 0.3 is 0 Å². The smallest absolute Gasteiger partial charge is 0.277 e. The highest BCUT2D eigenvalue weighted by Crippen LogP contribution is 2.30. The topological polar surface area (TPSA) is 106 Å². The van der Waals surface area contributed by atoms with Crippen molar-refractivity contribution in [3.8, 4) is 10.6 Å². The zero-order valence-corrected chi connectivity index (χ0v) is 15.6. The summed E-state index contributed by atoms with van der Waals surface area (Å²) >= 11 is 2.83. The summed E-state index contributed by atoms with van der Waals surface area (Å²) in [5.41, 5.74) is 0.598. The van der Waals surface area contributed by atoms with Gasteiger partial charge in [0.1, 0.15) is 5.69 Å². The lowest BCUT2D eigenvalue weighted by atomic mass is 10.3.